The van der Waals surface area contributed by atoms with E-state index < -0.39 is 23.8 Å². The minimum atomic E-state index is -0.694. The summed E-state index contributed by atoms with van der Waals surface area (Å²) in [6, 6.07) is -0.673. The predicted octanol–water partition coefficient (Wildman–Crippen LogP) is 4.87. The van der Waals surface area contributed by atoms with Crippen molar-refractivity contribution in [3.63, 3.8) is 0 Å². The summed E-state index contributed by atoms with van der Waals surface area (Å²) in [6.45, 7) is 2.41. The first-order valence-electron chi connectivity index (χ1n) is 23.2. The third kappa shape index (κ3) is 35.8. The zero-order chi connectivity index (χ0) is 45.3. The first kappa shape index (κ1) is 56.2. The number of carboxylic acids is 1. The van der Waals surface area contributed by atoms with Crippen LogP contribution >= 0.6 is 0 Å². The Bertz CT molecular complexity index is 1320. The van der Waals surface area contributed by atoms with E-state index in [-0.39, 0.29) is 69.4 Å². The monoisotopic (exact) mass is 881 g/mol. The maximum Gasteiger partial charge on any atom is 0.303 e. The Kier molecular flexibility index (Phi) is 36.3. The number of Topliss-reactive ketones (excluding diaryl/α,β-unsaturated/α-hetero) is 2. The lowest BCUT2D eigenvalue weighted by atomic mass is 9.93. The fraction of sp³-hybridized carbons (Fsp3) is 0.800. The quantitative estimate of drug-likeness (QED) is 0.0478. The van der Waals surface area contributed by atoms with Crippen molar-refractivity contribution in [3.05, 3.63) is 18.2 Å². The molecule has 0 aliphatic carbocycles. The van der Waals surface area contributed by atoms with Crippen LogP contribution in [-0.2, 0) is 54.1 Å². The molecule has 0 aliphatic rings. The number of nitrogens with one attached hydrogen (secondary N) is 3. The molecule has 0 radical (unpaired) electrons. The van der Waals surface area contributed by atoms with Gasteiger partial charge in [-0.15, -0.1) is 0 Å². The fourth-order valence-electron chi connectivity index (χ4n) is 6.77. The fourth-order valence-corrected chi connectivity index (χ4v) is 6.77. The number of aliphatic carboxylic acids is 1. The van der Waals surface area contributed by atoms with Gasteiger partial charge in [-0.2, -0.15) is 0 Å². The molecule has 0 saturated carbocycles. The van der Waals surface area contributed by atoms with Crippen molar-refractivity contribution >= 4 is 35.3 Å². The molecule has 0 unspecified atom stereocenters. The molecule has 356 valence electrons. The SMILES string of the molecule is NC(=O)[C@H](CCCCNC(=O)COCCOCCNC(=O)COCCOCCCC(=O)CCCCCCCCCCCCCCCCC(=O)O)CCC(=O)[C@@H](N)Cc1cnc[nH]1. The molecule has 0 aromatic carbocycles. The average Bonchev–Trinajstić information content (AvgIpc) is 3.76. The highest BCUT2D eigenvalue weighted by atomic mass is 16.5. The Balaban J connectivity index is 1.83. The minimum Gasteiger partial charge on any atom is -0.481 e. The van der Waals surface area contributed by atoms with E-state index in [1.807, 2.05) is 0 Å². The number of primary amides is 1. The Morgan fingerprint density at radius 3 is 1.66 bits per heavy atom. The highest BCUT2D eigenvalue weighted by molar-refractivity contribution is 5.85. The molecule has 1 aromatic heterocycles. The van der Waals surface area contributed by atoms with Gasteiger partial charge >= 0.3 is 5.97 Å². The van der Waals surface area contributed by atoms with Crippen molar-refractivity contribution < 1.29 is 52.8 Å². The number of H-pyrrole nitrogens is 1. The zero-order valence-electron chi connectivity index (χ0n) is 37.5. The van der Waals surface area contributed by atoms with Crippen LogP contribution in [0, 0.1) is 5.92 Å². The van der Waals surface area contributed by atoms with Crippen LogP contribution in [0.1, 0.15) is 153 Å². The maximum atomic E-state index is 12.4. The van der Waals surface area contributed by atoms with E-state index in [1.54, 1.807) is 6.20 Å². The third-order valence-electron chi connectivity index (χ3n) is 10.5. The van der Waals surface area contributed by atoms with Crippen molar-refractivity contribution in [1.82, 2.24) is 20.6 Å². The van der Waals surface area contributed by atoms with Gasteiger partial charge in [0.15, 0.2) is 0 Å². The number of carbonyl (C=O) groups is 6. The number of ketones is 2. The number of aromatic amines is 1. The van der Waals surface area contributed by atoms with Gasteiger partial charge < -0.3 is 51.1 Å². The number of amides is 3. The van der Waals surface area contributed by atoms with Crippen molar-refractivity contribution in [1.29, 1.82) is 0 Å². The van der Waals surface area contributed by atoms with E-state index in [2.05, 4.69) is 20.6 Å². The highest BCUT2D eigenvalue weighted by Crippen LogP contribution is 2.17. The smallest absolute Gasteiger partial charge is 0.303 e. The molecular weight excluding hydrogens is 801 g/mol. The Morgan fingerprint density at radius 2 is 1.11 bits per heavy atom. The van der Waals surface area contributed by atoms with Gasteiger partial charge in [0.25, 0.3) is 0 Å². The summed E-state index contributed by atoms with van der Waals surface area (Å²) in [5, 5.41) is 14.1. The summed E-state index contributed by atoms with van der Waals surface area (Å²) in [7, 11) is 0. The second-order valence-corrected chi connectivity index (χ2v) is 16.0. The lowest BCUT2D eigenvalue weighted by Crippen LogP contribution is -2.34. The molecule has 1 aromatic rings. The largest absolute Gasteiger partial charge is 0.481 e. The molecule has 1 rings (SSSR count). The van der Waals surface area contributed by atoms with Crippen molar-refractivity contribution in [2.45, 2.75) is 160 Å². The van der Waals surface area contributed by atoms with Gasteiger partial charge in [-0.05, 0) is 38.5 Å². The number of aromatic nitrogens is 2. The van der Waals surface area contributed by atoms with Gasteiger partial charge in [0, 0.05) is 69.6 Å². The van der Waals surface area contributed by atoms with E-state index in [9.17, 15) is 28.8 Å². The third-order valence-corrected chi connectivity index (χ3v) is 10.5. The van der Waals surface area contributed by atoms with Gasteiger partial charge in [-0.3, -0.25) is 28.8 Å². The second-order valence-electron chi connectivity index (χ2n) is 16.0. The number of nitrogens with two attached hydrogens (primary N) is 2. The van der Waals surface area contributed by atoms with E-state index >= 15 is 0 Å². The van der Waals surface area contributed by atoms with Gasteiger partial charge in [-0.25, -0.2) is 4.98 Å². The highest BCUT2D eigenvalue weighted by Gasteiger charge is 2.20. The van der Waals surface area contributed by atoms with Gasteiger partial charge in [0.2, 0.25) is 17.7 Å². The van der Waals surface area contributed by atoms with Crippen molar-refractivity contribution in [3.8, 4) is 0 Å². The minimum absolute atomic E-state index is 0.0876. The van der Waals surface area contributed by atoms with Gasteiger partial charge in [-0.1, -0.05) is 83.5 Å². The Morgan fingerprint density at radius 1 is 0.597 bits per heavy atom. The second kappa shape index (κ2) is 40.0. The molecule has 8 N–H and O–H groups in total. The van der Waals surface area contributed by atoms with Crippen molar-refractivity contribution in [2.24, 2.45) is 17.4 Å². The zero-order valence-corrected chi connectivity index (χ0v) is 37.5. The van der Waals surface area contributed by atoms with E-state index in [0.29, 0.717) is 84.1 Å². The summed E-state index contributed by atoms with van der Waals surface area (Å²) in [5.74, 6) is -1.96. The molecular formula is C45H80N6O11. The molecule has 0 bridgehead atoms. The number of nitrogens with zero attached hydrogens (tertiary/aromatic N) is 1. The topological polar surface area (TPSA) is 264 Å². The predicted molar refractivity (Wildman–Crippen MR) is 236 cm³/mol. The summed E-state index contributed by atoms with van der Waals surface area (Å²) >= 11 is 0. The lowest BCUT2D eigenvalue weighted by Gasteiger charge is -2.15. The molecule has 17 heteroatoms. The molecule has 0 aliphatic heterocycles. The van der Waals surface area contributed by atoms with Crippen LogP contribution in [0.2, 0.25) is 0 Å². The number of hydrogen-bond acceptors (Lipinski definition) is 12. The number of rotatable bonds is 46. The number of ether oxygens (including phenoxy) is 4. The van der Waals surface area contributed by atoms with Crippen LogP contribution in [0.25, 0.3) is 0 Å². The molecule has 17 nitrogen and oxygen atoms in total. The van der Waals surface area contributed by atoms with Gasteiger partial charge in [0.1, 0.15) is 24.8 Å². The molecule has 0 saturated heterocycles. The first-order chi connectivity index (χ1) is 30.1. The number of imidazole rings is 1. The maximum absolute atomic E-state index is 12.4. The van der Waals surface area contributed by atoms with Gasteiger partial charge in [0.05, 0.1) is 45.4 Å². The Hall–Kier alpha value is -3.77. The summed E-state index contributed by atoms with van der Waals surface area (Å²) < 4.78 is 21.6. The van der Waals surface area contributed by atoms with E-state index in [4.69, 9.17) is 35.5 Å². The van der Waals surface area contributed by atoms with Crippen LogP contribution in [0.5, 0.6) is 0 Å². The molecule has 0 fully saturated rings. The summed E-state index contributed by atoms with van der Waals surface area (Å²) in [6.07, 6.45) is 24.3. The first-order valence-corrected chi connectivity index (χ1v) is 23.2. The number of hydrogen-bond donors (Lipinski definition) is 6. The summed E-state index contributed by atoms with van der Waals surface area (Å²) in [5.41, 5.74) is 12.3. The standard InChI is InChI=1S/C45H80N6O11/c46-40(32-38-33-48-36-51-38)41(53)23-22-37(45(47)58)18-15-16-24-49-42(54)34-62-31-29-60-27-25-50-43(55)35-61-30-28-59-26-17-20-39(52)19-13-11-9-7-5-3-1-2-4-6-8-10-12-14-21-44(56)57/h33,36-37,40H,1-32,34-35,46H2,(H2,47,58)(H,48,51)(H,49,54)(H,50,55)(H,56,57)/t37-,40+/m1/s1. The number of carbonyl (C=O) groups excluding carboxylic acids is 5. The van der Waals surface area contributed by atoms with Crippen LogP contribution in [-0.4, -0.2) is 122 Å². The molecule has 1 heterocycles. The van der Waals surface area contributed by atoms with Crippen LogP contribution in [0.3, 0.4) is 0 Å². The lowest BCUT2D eigenvalue weighted by molar-refractivity contribution is -0.137. The summed E-state index contributed by atoms with van der Waals surface area (Å²) in [4.78, 5) is 77.7. The van der Waals surface area contributed by atoms with Crippen LogP contribution < -0.4 is 22.1 Å². The molecule has 62 heavy (non-hydrogen) atoms. The van der Waals surface area contributed by atoms with Crippen molar-refractivity contribution in [2.75, 3.05) is 65.9 Å². The van der Waals surface area contributed by atoms with Crippen LogP contribution in [0.15, 0.2) is 12.5 Å². The van der Waals surface area contributed by atoms with Crippen LogP contribution in [0.4, 0.5) is 0 Å². The molecule has 0 spiro atoms. The average molecular weight is 881 g/mol. The van der Waals surface area contributed by atoms with E-state index in [1.165, 1.54) is 64.1 Å². The normalized spacial score (nSPS) is 12.2. The molecule has 3 amide bonds. The number of unbranched alkanes of at least 4 members (excludes halogenated alkanes) is 14. The molecule has 2 atom stereocenters. The Labute approximate surface area is 369 Å². The number of carboxylic acid groups (broad SMARTS) is 1. The van der Waals surface area contributed by atoms with E-state index in [0.717, 1.165) is 37.8 Å².